The first kappa shape index (κ1) is 20.4. The van der Waals surface area contributed by atoms with Gasteiger partial charge in [0.25, 0.3) is 0 Å². The Balaban J connectivity index is 1.51. The van der Waals surface area contributed by atoms with E-state index in [2.05, 4.69) is 31.1 Å². The summed E-state index contributed by atoms with van der Waals surface area (Å²) in [6.45, 7) is 0. The summed E-state index contributed by atoms with van der Waals surface area (Å²) in [5.74, 6) is 0. The van der Waals surface area contributed by atoms with Gasteiger partial charge < -0.3 is 0 Å². The van der Waals surface area contributed by atoms with Gasteiger partial charge in [-0.1, -0.05) is 28.1 Å². The second-order valence-corrected chi connectivity index (χ2v) is 11.5. The largest absolute Gasteiger partial charge is 0.433 e. The summed E-state index contributed by atoms with van der Waals surface area (Å²) in [7, 11) is -4.03. The number of alkyl halides is 3. The molecule has 3 aliphatic heterocycles. The Bertz CT molecular complexity index is 1360. The van der Waals surface area contributed by atoms with Gasteiger partial charge in [-0.25, -0.2) is 8.42 Å². The zero-order valence-electron chi connectivity index (χ0n) is 16.4. The first-order valence-corrected chi connectivity index (χ1v) is 12.3. The number of H-pyrrole nitrogens is 1. The topological polar surface area (TPSA) is 78.7 Å². The molecule has 3 aromatic rings. The number of halogens is 4. The second kappa shape index (κ2) is 6.42. The van der Waals surface area contributed by atoms with Crippen LogP contribution >= 0.6 is 15.9 Å². The van der Waals surface area contributed by atoms with Gasteiger partial charge >= 0.3 is 6.18 Å². The molecule has 166 valence electrons. The van der Waals surface area contributed by atoms with Gasteiger partial charge in [0.1, 0.15) is 10.6 Å². The fraction of sp³-hybridized carbons (Fsp3) is 0.333. The number of nitrogens with zero attached hydrogens (tertiary/aromatic N) is 3. The molecule has 4 unspecified atom stereocenters. The number of aromatic nitrogens is 3. The first-order chi connectivity index (χ1) is 15.1. The van der Waals surface area contributed by atoms with Gasteiger partial charge in [-0.3, -0.25) is 15.0 Å². The Labute approximate surface area is 189 Å². The zero-order chi connectivity index (χ0) is 22.5. The van der Waals surface area contributed by atoms with Crippen LogP contribution in [-0.2, 0) is 35.3 Å². The van der Waals surface area contributed by atoms with Gasteiger partial charge in [-0.15, -0.1) is 0 Å². The van der Waals surface area contributed by atoms with Crippen molar-refractivity contribution in [2.24, 2.45) is 0 Å². The average molecular weight is 525 g/mol. The van der Waals surface area contributed by atoms with Crippen LogP contribution in [0.25, 0.3) is 0 Å². The van der Waals surface area contributed by atoms with Crippen LogP contribution < -0.4 is 0 Å². The predicted molar refractivity (Wildman–Crippen MR) is 111 cm³/mol. The number of nitrogens with one attached hydrogen (secondary N) is 1. The molecule has 4 atom stereocenters. The molecule has 6 nitrogen and oxygen atoms in total. The van der Waals surface area contributed by atoms with E-state index in [0.29, 0.717) is 12.8 Å². The second-order valence-electron chi connectivity index (χ2n) is 8.43. The third kappa shape index (κ3) is 2.58. The number of fused-ring (bicyclic) bond motifs is 4. The molecule has 0 aliphatic carbocycles. The van der Waals surface area contributed by atoms with Crippen molar-refractivity contribution < 1.29 is 21.6 Å². The lowest BCUT2D eigenvalue weighted by atomic mass is 9.90. The number of aromatic amines is 1. The molecule has 0 bridgehead atoms. The molecule has 2 aromatic heterocycles. The van der Waals surface area contributed by atoms with E-state index in [1.165, 1.54) is 0 Å². The summed E-state index contributed by atoms with van der Waals surface area (Å²) >= 11 is 3.60. The van der Waals surface area contributed by atoms with Crippen LogP contribution in [-0.4, -0.2) is 39.4 Å². The summed E-state index contributed by atoms with van der Waals surface area (Å²) in [6, 6.07) is 7.00. The average Bonchev–Trinajstić information content (AvgIpc) is 3.19. The quantitative estimate of drug-likeness (QED) is 0.515. The highest BCUT2D eigenvalue weighted by Gasteiger charge is 2.75. The van der Waals surface area contributed by atoms with E-state index in [0.717, 1.165) is 45.2 Å². The molecule has 1 saturated heterocycles. The van der Waals surface area contributed by atoms with Crippen molar-refractivity contribution >= 4 is 25.8 Å². The van der Waals surface area contributed by atoms with E-state index < -0.39 is 26.6 Å². The van der Waals surface area contributed by atoms with E-state index in [-0.39, 0.29) is 23.4 Å². The number of hydrogen-bond acceptors (Lipinski definition) is 5. The fourth-order valence-electron chi connectivity index (χ4n) is 5.46. The van der Waals surface area contributed by atoms with E-state index in [4.69, 9.17) is 0 Å². The highest BCUT2D eigenvalue weighted by Crippen LogP contribution is 2.61. The van der Waals surface area contributed by atoms with Crippen LogP contribution in [0, 0.1) is 0 Å². The van der Waals surface area contributed by atoms with Crippen LogP contribution in [0.5, 0.6) is 0 Å². The van der Waals surface area contributed by atoms with Gasteiger partial charge in [-0.2, -0.15) is 18.3 Å². The Kier molecular flexibility index (Phi) is 4.09. The Hall–Kier alpha value is -2.24. The van der Waals surface area contributed by atoms with Gasteiger partial charge in [0, 0.05) is 40.8 Å². The lowest BCUT2D eigenvalue weighted by Crippen LogP contribution is -2.33. The van der Waals surface area contributed by atoms with Crippen LogP contribution in [0.15, 0.2) is 52.1 Å². The molecular weight excluding hydrogens is 509 g/mol. The molecule has 0 spiro atoms. The SMILES string of the molecule is O=S(=O)(c1ccc(C(F)(F)F)nc1)C12Cc3cccc(Br)c3CC3c4cn[nH]c4CC1N32. The van der Waals surface area contributed by atoms with Crippen molar-refractivity contribution in [3.63, 3.8) is 0 Å². The minimum absolute atomic E-state index is 0.195. The Morgan fingerprint density at radius 1 is 1.16 bits per heavy atom. The fourth-order valence-corrected chi connectivity index (χ4v) is 8.25. The van der Waals surface area contributed by atoms with Crippen LogP contribution in [0.2, 0.25) is 0 Å². The molecule has 11 heteroatoms. The molecule has 1 N–H and O–H groups in total. The van der Waals surface area contributed by atoms with E-state index in [1.807, 2.05) is 23.1 Å². The van der Waals surface area contributed by atoms with Crippen molar-refractivity contribution in [3.8, 4) is 0 Å². The maximum Gasteiger partial charge on any atom is 0.433 e. The smallest absolute Gasteiger partial charge is 0.282 e. The predicted octanol–water partition coefficient (Wildman–Crippen LogP) is 3.84. The van der Waals surface area contributed by atoms with Gasteiger partial charge in [0.05, 0.1) is 17.1 Å². The van der Waals surface area contributed by atoms with Crippen molar-refractivity contribution in [1.29, 1.82) is 0 Å². The Morgan fingerprint density at radius 3 is 2.69 bits per heavy atom. The number of rotatable bonds is 2. The number of benzene rings is 1. The molecule has 1 fully saturated rings. The summed E-state index contributed by atoms with van der Waals surface area (Å²) < 4.78 is 67.8. The molecule has 0 radical (unpaired) electrons. The van der Waals surface area contributed by atoms with Crippen molar-refractivity contribution in [3.05, 3.63) is 75.3 Å². The van der Waals surface area contributed by atoms with Gasteiger partial charge in [-0.05, 0) is 35.7 Å². The maximum atomic E-state index is 14.0. The highest BCUT2D eigenvalue weighted by molar-refractivity contribution is 9.10. The molecule has 0 saturated carbocycles. The minimum atomic E-state index is -4.63. The lowest BCUT2D eigenvalue weighted by molar-refractivity contribution is -0.141. The molecule has 5 heterocycles. The number of sulfone groups is 1. The molecule has 32 heavy (non-hydrogen) atoms. The monoisotopic (exact) mass is 524 g/mol. The van der Waals surface area contributed by atoms with Gasteiger partial charge in [0.15, 0.2) is 0 Å². The lowest BCUT2D eigenvalue weighted by Gasteiger charge is -2.24. The standard InChI is InChI=1S/C21H16BrF3N4O2S/c22-15-3-1-2-11-8-20(32(30,31)12-4-5-18(26-9-12)21(23,24)25)19-7-16-14(10-27-28-16)17(29(19)20)6-13(11)15/h1-5,9-10,17,19H,6-8H2,(H,27,28). The number of pyridine rings is 1. The highest BCUT2D eigenvalue weighted by atomic mass is 79.9. The van der Waals surface area contributed by atoms with E-state index >= 15 is 0 Å². The maximum absolute atomic E-state index is 14.0. The van der Waals surface area contributed by atoms with Crippen LogP contribution in [0.1, 0.15) is 34.1 Å². The normalized spacial score (nSPS) is 28.3. The van der Waals surface area contributed by atoms with Crippen molar-refractivity contribution in [2.75, 3.05) is 0 Å². The molecule has 3 aliphatic rings. The zero-order valence-corrected chi connectivity index (χ0v) is 18.8. The summed E-state index contributed by atoms with van der Waals surface area (Å²) in [4.78, 5) is 3.97. The summed E-state index contributed by atoms with van der Waals surface area (Å²) in [6.07, 6.45) is -0.699. The summed E-state index contributed by atoms with van der Waals surface area (Å²) in [5, 5.41) is 7.16. The third-order valence-electron chi connectivity index (χ3n) is 6.93. The first-order valence-electron chi connectivity index (χ1n) is 9.99. The van der Waals surface area contributed by atoms with Crippen LogP contribution in [0.3, 0.4) is 0 Å². The molecule has 1 aromatic carbocycles. The Morgan fingerprint density at radius 2 is 1.97 bits per heavy atom. The molecular formula is C21H16BrF3N4O2S. The van der Waals surface area contributed by atoms with Crippen molar-refractivity contribution in [2.45, 2.75) is 47.3 Å². The van der Waals surface area contributed by atoms with Gasteiger partial charge in [0.2, 0.25) is 9.84 Å². The van der Waals surface area contributed by atoms with Crippen molar-refractivity contribution in [1.82, 2.24) is 20.1 Å². The van der Waals surface area contributed by atoms with Crippen LogP contribution in [0.4, 0.5) is 13.2 Å². The molecule has 0 amide bonds. The van der Waals surface area contributed by atoms with E-state index in [9.17, 15) is 21.6 Å². The minimum Gasteiger partial charge on any atom is -0.282 e. The number of hydrogen-bond donors (Lipinski definition) is 1. The summed E-state index contributed by atoms with van der Waals surface area (Å²) in [5.41, 5.74) is 2.72. The molecule has 6 rings (SSSR count). The van der Waals surface area contributed by atoms with E-state index in [1.54, 1.807) is 6.20 Å². The third-order valence-corrected chi connectivity index (χ3v) is 10.1.